The SMILES string of the molecule is C/C=C1\C(=[NH2+])CCC1=O. The van der Waals surface area contributed by atoms with Crippen LogP contribution in [0.5, 0.6) is 0 Å². The molecule has 0 aromatic carbocycles. The van der Waals surface area contributed by atoms with E-state index in [0.29, 0.717) is 6.42 Å². The van der Waals surface area contributed by atoms with E-state index in [0.717, 1.165) is 17.7 Å². The third-order valence-corrected chi connectivity index (χ3v) is 1.56. The van der Waals surface area contributed by atoms with E-state index in [1.54, 1.807) is 6.08 Å². The molecule has 0 aromatic heterocycles. The summed E-state index contributed by atoms with van der Waals surface area (Å²) in [6, 6.07) is 0. The highest BCUT2D eigenvalue weighted by Gasteiger charge is 2.25. The van der Waals surface area contributed by atoms with E-state index < -0.39 is 0 Å². The summed E-state index contributed by atoms with van der Waals surface area (Å²) in [6.07, 6.45) is 3.13. The van der Waals surface area contributed by atoms with Gasteiger partial charge in [-0.1, -0.05) is 6.08 Å². The van der Waals surface area contributed by atoms with Gasteiger partial charge in [0.1, 0.15) is 0 Å². The van der Waals surface area contributed by atoms with Crippen LogP contribution < -0.4 is 5.41 Å². The van der Waals surface area contributed by atoms with E-state index >= 15 is 0 Å². The molecule has 1 fully saturated rings. The predicted octanol–water partition coefficient (Wildman–Crippen LogP) is -0.504. The molecule has 0 amide bonds. The maximum absolute atomic E-state index is 10.8. The van der Waals surface area contributed by atoms with Crippen LogP contribution in [0.3, 0.4) is 0 Å². The summed E-state index contributed by atoms with van der Waals surface area (Å²) in [6.45, 7) is 1.84. The fourth-order valence-corrected chi connectivity index (χ4v) is 1.04. The molecule has 0 unspecified atom stereocenters. The summed E-state index contributed by atoms with van der Waals surface area (Å²) in [7, 11) is 0. The average Bonchev–Trinajstić information content (AvgIpc) is 2.12. The number of nitrogens with two attached hydrogens (primary N) is 1. The van der Waals surface area contributed by atoms with Crippen LogP contribution in [0.25, 0.3) is 0 Å². The third kappa shape index (κ3) is 0.922. The average molecular weight is 124 g/mol. The second-order valence-electron chi connectivity index (χ2n) is 2.15. The van der Waals surface area contributed by atoms with E-state index in [1.165, 1.54) is 0 Å². The highest BCUT2D eigenvalue weighted by atomic mass is 16.1. The minimum absolute atomic E-state index is 0.190. The van der Waals surface area contributed by atoms with Gasteiger partial charge in [-0.3, -0.25) is 10.2 Å². The van der Waals surface area contributed by atoms with Crippen LogP contribution in [-0.2, 0) is 4.79 Å². The lowest BCUT2D eigenvalue weighted by Crippen LogP contribution is -2.39. The van der Waals surface area contributed by atoms with Gasteiger partial charge in [-0.2, -0.15) is 0 Å². The number of rotatable bonds is 0. The highest BCUT2D eigenvalue weighted by Crippen LogP contribution is 2.13. The normalized spacial score (nSPS) is 23.9. The first-order chi connectivity index (χ1) is 4.25. The highest BCUT2D eigenvalue weighted by molar-refractivity contribution is 6.25. The Morgan fingerprint density at radius 1 is 1.56 bits per heavy atom. The topological polar surface area (TPSA) is 42.7 Å². The molecule has 2 heteroatoms. The lowest BCUT2D eigenvalue weighted by Gasteiger charge is -1.83. The second kappa shape index (κ2) is 2.13. The van der Waals surface area contributed by atoms with E-state index in [9.17, 15) is 4.79 Å². The molecule has 1 rings (SSSR count). The molecule has 0 radical (unpaired) electrons. The summed E-state index contributed by atoms with van der Waals surface area (Å²) in [4.78, 5) is 10.8. The van der Waals surface area contributed by atoms with Crippen molar-refractivity contribution in [3.05, 3.63) is 11.6 Å². The summed E-state index contributed by atoms with van der Waals surface area (Å²) >= 11 is 0. The molecule has 1 saturated carbocycles. The first kappa shape index (κ1) is 6.20. The van der Waals surface area contributed by atoms with Crippen molar-refractivity contribution in [1.29, 1.82) is 0 Å². The monoisotopic (exact) mass is 124 g/mol. The number of hydrogen-bond donors (Lipinski definition) is 1. The maximum atomic E-state index is 10.8. The zero-order valence-corrected chi connectivity index (χ0v) is 5.48. The van der Waals surface area contributed by atoms with Gasteiger partial charge in [-0.25, -0.2) is 0 Å². The number of carbonyl (C=O) groups is 1. The van der Waals surface area contributed by atoms with Crippen molar-refractivity contribution in [3.63, 3.8) is 0 Å². The van der Waals surface area contributed by atoms with Gasteiger partial charge in [0, 0.05) is 12.8 Å². The summed E-state index contributed by atoms with van der Waals surface area (Å²) < 4.78 is 0. The van der Waals surface area contributed by atoms with Gasteiger partial charge in [0.25, 0.3) is 0 Å². The molecule has 0 heterocycles. The van der Waals surface area contributed by atoms with Crippen molar-refractivity contribution in [2.75, 3.05) is 0 Å². The number of allylic oxidation sites excluding steroid dienone is 2. The molecule has 1 aliphatic carbocycles. The minimum Gasteiger partial charge on any atom is -0.294 e. The Labute approximate surface area is 54.1 Å². The van der Waals surface area contributed by atoms with E-state index in [4.69, 9.17) is 5.41 Å². The molecule has 0 aliphatic heterocycles. The van der Waals surface area contributed by atoms with Gasteiger partial charge in [0.2, 0.25) is 0 Å². The van der Waals surface area contributed by atoms with Gasteiger partial charge < -0.3 is 0 Å². The van der Waals surface area contributed by atoms with Crippen LogP contribution in [0.15, 0.2) is 11.6 Å². The van der Waals surface area contributed by atoms with Crippen molar-refractivity contribution in [1.82, 2.24) is 0 Å². The summed E-state index contributed by atoms with van der Waals surface area (Å²) in [5, 5.41) is 5.51. The summed E-state index contributed by atoms with van der Waals surface area (Å²) in [5.41, 5.74) is 1.48. The molecular formula is C7H10NO+. The van der Waals surface area contributed by atoms with Crippen molar-refractivity contribution in [3.8, 4) is 0 Å². The Morgan fingerprint density at radius 2 is 2.22 bits per heavy atom. The zero-order chi connectivity index (χ0) is 6.85. The summed E-state index contributed by atoms with van der Waals surface area (Å²) in [5.74, 6) is 0.190. The molecule has 0 bridgehead atoms. The molecule has 0 saturated heterocycles. The molecule has 48 valence electrons. The molecule has 2 nitrogen and oxygen atoms in total. The zero-order valence-electron chi connectivity index (χ0n) is 5.48. The van der Waals surface area contributed by atoms with Crippen LogP contribution >= 0.6 is 0 Å². The lowest BCUT2D eigenvalue weighted by molar-refractivity contribution is -0.116. The van der Waals surface area contributed by atoms with Gasteiger partial charge in [0.15, 0.2) is 11.5 Å². The lowest BCUT2D eigenvalue weighted by atomic mass is 10.2. The Morgan fingerprint density at radius 3 is 2.44 bits per heavy atom. The second-order valence-corrected chi connectivity index (χ2v) is 2.15. The first-order valence-electron chi connectivity index (χ1n) is 3.07. The van der Waals surface area contributed by atoms with Crippen LogP contribution in [-0.4, -0.2) is 11.5 Å². The number of carbonyl (C=O) groups excluding carboxylic acids is 1. The van der Waals surface area contributed by atoms with Crippen molar-refractivity contribution in [2.24, 2.45) is 0 Å². The number of Topliss-reactive ketones (excluding diaryl/α,β-unsaturated/α-hetero) is 1. The fourth-order valence-electron chi connectivity index (χ4n) is 1.04. The molecular weight excluding hydrogens is 114 g/mol. The van der Waals surface area contributed by atoms with Crippen LogP contribution in [0.2, 0.25) is 0 Å². The number of ketones is 1. The van der Waals surface area contributed by atoms with Crippen LogP contribution in [0.4, 0.5) is 0 Å². The van der Waals surface area contributed by atoms with Gasteiger partial charge in [-0.15, -0.1) is 0 Å². The minimum atomic E-state index is 0.190. The Hall–Kier alpha value is -0.920. The molecule has 2 N–H and O–H groups in total. The first-order valence-corrected chi connectivity index (χ1v) is 3.07. The van der Waals surface area contributed by atoms with E-state index in [-0.39, 0.29) is 5.78 Å². The smallest absolute Gasteiger partial charge is 0.183 e. The van der Waals surface area contributed by atoms with Crippen LogP contribution in [0, 0.1) is 0 Å². The maximum Gasteiger partial charge on any atom is 0.183 e. The van der Waals surface area contributed by atoms with E-state index in [1.807, 2.05) is 6.92 Å². The van der Waals surface area contributed by atoms with Gasteiger partial charge in [0.05, 0.1) is 5.57 Å². The molecule has 0 atom stereocenters. The van der Waals surface area contributed by atoms with E-state index in [2.05, 4.69) is 0 Å². The van der Waals surface area contributed by atoms with Crippen molar-refractivity contribution < 1.29 is 10.2 Å². The van der Waals surface area contributed by atoms with Gasteiger partial charge in [-0.05, 0) is 6.92 Å². The molecule has 9 heavy (non-hydrogen) atoms. The third-order valence-electron chi connectivity index (χ3n) is 1.56. The standard InChI is InChI=1S/C7H9NO/c1-2-5-6(8)3-4-7(5)9/h2,8H,3-4H2,1H3/p+1/b5-2+,8-6?. The van der Waals surface area contributed by atoms with Crippen molar-refractivity contribution in [2.45, 2.75) is 19.8 Å². The Kier molecular flexibility index (Phi) is 1.47. The largest absolute Gasteiger partial charge is 0.294 e. The Balaban J connectivity index is 2.91. The quantitative estimate of drug-likeness (QED) is 0.434. The van der Waals surface area contributed by atoms with Crippen molar-refractivity contribution >= 4 is 11.5 Å². The van der Waals surface area contributed by atoms with Crippen LogP contribution in [0.1, 0.15) is 19.8 Å². The fraction of sp³-hybridized carbons (Fsp3) is 0.429. The number of hydrogen-bond acceptors (Lipinski definition) is 1. The predicted molar refractivity (Wildman–Crippen MR) is 34.9 cm³/mol. The molecule has 0 aromatic rings. The Bertz CT molecular complexity index is 173. The van der Waals surface area contributed by atoms with Gasteiger partial charge >= 0.3 is 0 Å². The molecule has 0 spiro atoms. The molecule has 1 aliphatic rings.